The summed E-state index contributed by atoms with van der Waals surface area (Å²) in [6.45, 7) is 3.10. The van der Waals surface area contributed by atoms with Crippen LogP contribution in [0.15, 0.2) is 68.2 Å². The molecule has 1 atom stereocenters. The average molecular weight is 405 g/mol. The molecular formula is C23H19NO6. The quantitative estimate of drug-likeness (QED) is 0.506. The molecule has 0 spiro atoms. The van der Waals surface area contributed by atoms with Gasteiger partial charge >= 0.3 is 5.97 Å². The Balaban J connectivity index is 1.39. The fourth-order valence-electron chi connectivity index (χ4n) is 3.14. The van der Waals surface area contributed by atoms with Gasteiger partial charge in [-0.15, -0.1) is 0 Å². The van der Waals surface area contributed by atoms with E-state index in [1.54, 1.807) is 25.1 Å². The number of benzene rings is 2. The third-order valence-corrected chi connectivity index (χ3v) is 4.67. The lowest BCUT2D eigenvalue weighted by atomic mass is 10.1. The van der Waals surface area contributed by atoms with Crippen molar-refractivity contribution in [1.29, 1.82) is 0 Å². The van der Waals surface area contributed by atoms with Gasteiger partial charge in [-0.1, -0.05) is 29.8 Å². The molecule has 0 saturated carbocycles. The highest BCUT2D eigenvalue weighted by molar-refractivity contribution is 5.91. The molecule has 4 aromatic rings. The van der Waals surface area contributed by atoms with Crippen molar-refractivity contribution in [1.82, 2.24) is 5.32 Å². The lowest BCUT2D eigenvalue weighted by molar-refractivity contribution is -0.125. The normalized spacial score (nSPS) is 12.1. The summed E-state index contributed by atoms with van der Waals surface area (Å²) in [4.78, 5) is 36.6. The molecule has 0 aliphatic heterocycles. The molecule has 152 valence electrons. The number of ether oxygens (including phenoxy) is 1. The van der Waals surface area contributed by atoms with Crippen molar-refractivity contribution < 1.29 is 23.2 Å². The molecule has 0 radical (unpaired) electrons. The van der Waals surface area contributed by atoms with E-state index in [0.29, 0.717) is 11.1 Å². The van der Waals surface area contributed by atoms with E-state index in [2.05, 4.69) is 5.32 Å². The molecule has 0 fully saturated rings. The van der Waals surface area contributed by atoms with E-state index in [0.717, 1.165) is 22.6 Å². The average Bonchev–Trinajstić information content (AvgIpc) is 3.17. The maximum atomic E-state index is 12.2. The summed E-state index contributed by atoms with van der Waals surface area (Å²) in [6.07, 6.45) is 0. The number of esters is 1. The van der Waals surface area contributed by atoms with E-state index >= 15 is 0 Å². The molecule has 7 heteroatoms. The third-order valence-electron chi connectivity index (χ3n) is 4.67. The largest absolute Gasteiger partial charge is 0.459 e. The first-order valence-electron chi connectivity index (χ1n) is 9.40. The van der Waals surface area contributed by atoms with Crippen molar-refractivity contribution in [3.05, 3.63) is 81.9 Å². The summed E-state index contributed by atoms with van der Waals surface area (Å²) in [5.41, 5.74) is 1.56. The van der Waals surface area contributed by atoms with Gasteiger partial charge in [-0.25, -0.2) is 4.79 Å². The van der Waals surface area contributed by atoms with Crippen LogP contribution in [0.25, 0.3) is 21.9 Å². The lowest BCUT2D eigenvalue weighted by Gasteiger charge is -2.11. The van der Waals surface area contributed by atoms with Gasteiger partial charge in [0.05, 0.1) is 11.4 Å². The molecule has 1 N–H and O–H groups in total. The summed E-state index contributed by atoms with van der Waals surface area (Å²) in [7, 11) is 0. The second-order valence-electron chi connectivity index (χ2n) is 7.03. The number of para-hydroxylation sites is 1. The Bertz CT molecular complexity index is 1280. The van der Waals surface area contributed by atoms with Crippen LogP contribution in [0.2, 0.25) is 0 Å². The zero-order chi connectivity index (χ0) is 21.3. The molecule has 7 nitrogen and oxygen atoms in total. The van der Waals surface area contributed by atoms with Crippen molar-refractivity contribution >= 4 is 33.8 Å². The van der Waals surface area contributed by atoms with Gasteiger partial charge < -0.3 is 18.9 Å². The highest BCUT2D eigenvalue weighted by Crippen LogP contribution is 2.23. The van der Waals surface area contributed by atoms with E-state index < -0.39 is 24.5 Å². The maximum absolute atomic E-state index is 12.2. The van der Waals surface area contributed by atoms with Crippen LogP contribution < -0.4 is 10.7 Å². The van der Waals surface area contributed by atoms with Crippen LogP contribution in [0.4, 0.5) is 0 Å². The molecule has 0 saturated heterocycles. The van der Waals surface area contributed by atoms with Crippen LogP contribution in [-0.4, -0.2) is 18.5 Å². The molecule has 0 bridgehead atoms. The zero-order valence-corrected chi connectivity index (χ0v) is 16.4. The van der Waals surface area contributed by atoms with E-state index in [4.69, 9.17) is 13.6 Å². The van der Waals surface area contributed by atoms with E-state index in [9.17, 15) is 14.4 Å². The summed E-state index contributed by atoms with van der Waals surface area (Å²) in [5, 5.41) is 4.02. The summed E-state index contributed by atoms with van der Waals surface area (Å²) < 4.78 is 16.2. The number of aryl methyl sites for hydroxylation is 1. The van der Waals surface area contributed by atoms with Crippen LogP contribution in [0.3, 0.4) is 0 Å². The number of amides is 1. The molecular weight excluding hydrogens is 386 g/mol. The predicted octanol–water partition coefficient (Wildman–Crippen LogP) is 3.88. The minimum Gasteiger partial charge on any atom is -0.459 e. The number of rotatable bonds is 5. The predicted molar refractivity (Wildman–Crippen MR) is 110 cm³/mol. The standard InChI is InChI=1S/C23H19NO6/c1-13-7-8-19-16(9-13)17(25)11-21(30-19)23(27)28-12-22(26)24-14(2)20-10-15-5-3-4-6-18(15)29-20/h3-11,14H,12H2,1-2H3,(H,24,26)/t14-/m1/s1. The van der Waals surface area contributed by atoms with Crippen molar-refractivity contribution in [2.75, 3.05) is 6.61 Å². The van der Waals surface area contributed by atoms with Crippen LogP contribution in [-0.2, 0) is 9.53 Å². The van der Waals surface area contributed by atoms with Gasteiger partial charge in [0.15, 0.2) is 12.0 Å². The second kappa shape index (κ2) is 7.87. The highest BCUT2D eigenvalue weighted by atomic mass is 16.5. The molecule has 2 aromatic carbocycles. The van der Waals surface area contributed by atoms with Crippen molar-refractivity contribution in [2.45, 2.75) is 19.9 Å². The molecule has 0 aliphatic rings. The fourth-order valence-corrected chi connectivity index (χ4v) is 3.14. The topological polar surface area (TPSA) is 98.8 Å². The Morgan fingerprint density at radius 1 is 1.03 bits per heavy atom. The van der Waals surface area contributed by atoms with E-state index in [1.807, 2.05) is 37.3 Å². The number of carbonyl (C=O) groups is 2. The monoisotopic (exact) mass is 405 g/mol. The number of furan rings is 1. The molecule has 0 aliphatic carbocycles. The van der Waals surface area contributed by atoms with Gasteiger partial charge in [-0.2, -0.15) is 0 Å². The van der Waals surface area contributed by atoms with Gasteiger partial charge in [0.25, 0.3) is 5.91 Å². The Morgan fingerprint density at radius 2 is 1.83 bits per heavy atom. The fraction of sp³-hybridized carbons (Fsp3) is 0.174. The molecule has 2 aromatic heterocycles. The van der Waals surface area contributed by atoms with E-state index in [1.165, 1.54) is 0 Å². The number of nitrogens with one attached hydrogen (secondary N) is 1. The first-order chi connectivity index (χ1) is 14.4. The zero-order valence-electron chi connectivity index (χ0n) is 16.4. The first kappa shape index (κ1) is 19.4. The smallest absolute Gasteiger partial charge is 0.374 e. The van der Waals surface area contributed by atoms with Crippen LogP contribution in [0, 0.1) is 6.92 Å². The van der Waals surface area contributed by atoms with Gasteiger partial charge in [0.1, 0.15) is 16.9 Å². The molecule has 1 amide bonds. The number of hydrogen-bond donors (Lipinski definition) is 1. The number of fused-ring (bicyclic) bond motifs is 2. The van der Waals surface area contributed by atoms with Crippen LogP contribution in [0.1, 0.15) is 34.8 Å². The highest BCUT2D eigenvalue weighted by Gasteiger charge is 2.18. The van der Waals surface area contributed by atoms with Crippen molar-refractivity contribution in [3.63, 3.8) is 0 Å². The van der Waals surface area contributed by atoms with Crippen LogP contribution in [0.5, 0.6) is 0 Å². The molecule has 0 unspecified atom stereocenters. The Hall–Kier alpha value is -3.87. The third kappa shape index (κ3) is 3.96. The second-order valence-corrected chi connectivity index (χ2v) is 7.03. The Kier molecular flexibility index (Phi) is 5.10. The summed E-state index contributed by atoms with van der Waals surface area (Å²) >= 11 is 0. The van der Waals surface area contributed by atoms with Gasteiger partial charge in [0, 0.05) is 11.5 Å². The van der Waals surface area contributed by atoms with Gasteiger partial charge in [0.2, 0.25) is 5.76 Å². The number of carbonyl (C=O) groups excluding carboxylic acids is 2. The number of hydrogen-bond acceptors (Lipinski definition) is 6. The molecule has 2 heterocycles. The molecule has 30 heavy (non-hydrogen) atoms. The Morgan fingerprint density at radius 3 is 2.63 bits per heavy atom. The van der Waals surface area contributed by atoms with Crippen molar-refractivity contribution in [2.24, 2.45) is 0 Å². The summed E-state index contributed by atoms with van der Waals surface area (Å²) in [6, 6.07) is 15.1. The summed E-state index contributed by atoms with van der Waals surface area (Å²) in [5.74, 6) is -1.06. The first-order valence-corrected chi connectivity index (χ1v) is 9.40. The maximum Gasteiger partial charge on any atom is 0.374 e. The van der Waals surface area contributed by atoms with E-state index in [-0.39, 0.29) is 16.8 Å². The van der Waals surface area contributed by atoms with Crippen LogP contribution >= 0.6 is 0 Å². The van der Waals surface area contributed by atoms with Gasteiger partial charge in [-0.05, 0) is 38.1 Å². The minimum absolute atomic E-state index is 0.255. The Labute approximate surface area is 171 Å². The van der Waals surface area contributed by atoms with Gasteiger partial charge in [-0.3, -0.25) is 9.59 Å². The lowest BCUT2D eigenvalue weighted by Crippen LogP contribution is -2.31. The molecule has 4 rings (SSSR count). The minimum atomic E-state index is -0.888. The SMILES string of the molecule is Cc1ccc2oc(C(=O)OCC(=O)N[C@H](C)c3cc4ccccc4o3)cc(=O)c2c1. The van der Waals surface area contributed by atoms with Crippen molar-refractivity contribution in [3.8, 4) is 0 Å².